The van der Waals surface area contributed by atoms with Gasteiger partial charge in [-0.15, -0.1) is 10.2 Å². The van der Waals surface area contributed by atoms with Crippen molar-refractivity contribution < 1.29 is 4.42 Å². The highest BCUT2D eigenvalue weighted by molar-refractivity contribution is 9.10. The van der Waals surface area contributed by atoms with E-state index in [-0.39, 0.29) is 0 Å². The normalized spacial score (nSPS) is 16.4. The molecular weight excluding hydrogens is 310 g/mol. The summed E-state index contributed by atoms with van der Waals surface area (Å²) >= 11 is 3.54. The van der Waals surface area contributed by atoms with Crippen LogP contribution >= 0.6 is 15.9 Å². The molecule has 0 atom stereocenters. The molecule has 0 saturated carbocycles. The van der Waals surface area contributed by atoms with E-state index in [4.69, 9.17) is 4.42 Å². The lowest BCUT2D eigenvalue weighted by atomic mass is 10.1. The van der Waals surface area contributed by atoms with Crippen LogP contribution in [0.15, 0.2) is 32.7 Å². The average molecular weight is 324 g/mol. The monoisotopic (exact) mass is 323 g/mol. The van der Waals surface area contributed by atoms with Crippen LogP contribution in [0, 0.1) is 0 Å². The molecular formula is C12H14BrN5O. The molecule has 1 aliphatic rings. The number of hydrogen-bond acceptors (Lipinski definition) is 5. The predicted octanol–water partition coefficient (Wildman–Crippen LogP) is 2.51. The van der Waals surface area contributed by atoms with Crippen LogP contribution in [-0.2, 0) is 0 Å². The van der Waals surface area contributed by atoms with E-state index in [2.05, 4.69) is 36.1 Å². The molecule has 1 fully saturated rings. The topological polar surface area (TPSA) is 59.5 Å². The van der Waals surface area contributed by atoms with Crippen LogP contribution in [0.5, 0.6) is 0 Å². The maximum Gasteiger partial charge on any atom is 0.210 e. The van der Waals surface area contributed by atoms with Gasteiger partial charge in [0.05, 0.1) is 10.7 Å². The first-order valence-electron chi connectivity index (χ1n) is 6.26. The van der Waals surface area contributed by atoms with Gasteiger partial charge in [-0.05, 0) is 35.2 Å². The Balaban J connectivity index is 1.77. The van der Waals surface area contributed by atoms with E-state index in [1.165, 1.54) is 36.6 Å². The molecule has 0 aliphatic carbocycles. The molecule has 6 nitrogen and oxygen atoms in total. The van der Waals surface area contributed by atoms with Gasteiger partial charge in [-0.3, -0.25) is 0 Å². The summed E-state index contributed by atoms with van der Waals surface area (Å²) in [5, 5.41) is 11.5. The Morgan fingerprint density at radius 1 is 1.21 bits per heavy atom. The standard InChI is InChI=1S/C12H14BrN5O/c13-11-6-10(7-16-18-8-14-15-9-18)19-12(11)17-4-2-1-3-5-17/h6-9H,1-5H2/b16-7-. The average Bonchev–Trinajstić information content (AvgIpc) is 3.07. The summed E-state index contributed by atoms with van der Waals surface area (Å²) in [6, 6.07) is 1.93. The molecule has 19 heavy (non-hydrogen) atoms. The smallest absolute Gasteiger partial charge is 0.210 e. The van der Waals surface area contributed by atoms with E-state index in [1.807, 2.05) is 6.07 Å². The van der Waals surface area contributed by atoms with Crippen LogP contribution in [0.1, 0.15) is 25.0 Å². The van der Waals surface area contributed by atoms with Crippen molar-refractivity contribution in [2.45, 2.75) is 19.3 Å². The van der Waals surface area contributed by atoms with Crippen LogP contribution in [0.4, 0.5) is 5.88 Å². The highest BCUT2D eigenvalue weighted by Gasteiger charge is 2.17. The van der Waals surface area contributed by atoms with Crippen molar-refractivity contribution in [1.29, 1.82) is 0 Å². The van der Waals surface area contributed by atoms with Gasteiger partial charge in [0.25, 0.3) is 0 Å². The Hall–Kier alpha value is -1.63. The number of hydrogen-bond donors (Lipinski definition) is 0. The van der Waals surface area contributed by atoms with Gasteiger partial charge >= 0.3 is 0 Å². The van der Waals surface area contributed by atoms with Crippen LogP contribution < -0.4 is 4.90 Å². The minimum absolute atomic E-state index is 0.709. The number of halogens is 1. The van der Waals surface area contributed by atoms with Crippen LogP contribution in [-0.4, -0.2) is 34.2 Å². The molecule has 2 aromatic heterocycles. The zero-order valence-corrected chi connectivity index (χ0v) is 12.0. The first-order valence-corrected chi connectivity index (χ1v) is 7.05. The third-order valence-electron chi connectivity index (χ3n) is 3.06. The molecule has 100 valence electrons. The Morgan fingerprint density at radius 2 is 1.95 bits per heavy atom. The third kappa shape index (κ3) is 2.86. The van der Waals surface area contributed by atoms with E-state index in [0.29, 0.717) is 5.76 Å². The minimum Gasteiger partial charge on any atom is -0.438 e. The number of aromatic nitrogens is 3. The Labute approximate surface area is 119 Å². The third-order valence-corrected chi connectivity index (χ3v) is 3.62. The second kappa shape index (κ2) is 5.56. The van der Waals surface area contributed by atoms with Crippen LogP contribution in [0.3, 0.4) is 0 Å². The summed E-state index contributed by atoms with van der Waals surface area (Å²) in [5.74, 6) is 1.60. The van der Waals surface area contributed by atoms with Gasteiger partial charge in [0.2, 0.25) is 5.88 Å². The Bertz CT molecular complexity index is 557. The quantitative estimate of drug-likeness (QED) is 0.814. The van der Waals surface area contributed by atoms with Crippen LogP contribution in [0.2, 0.25) is 0 Å². The zero-order valence-electron chi connectivity index (χ0n) is 10.4. The molecule has 1 saturated heterocycles. The fraction of sp³-hybridized carbons (Fsp3) is 0.417. The molecule has 0 spiro atoms. The highest BCUT2D eigenvalue weighted by Crippen LogP contribution is 2.31. The molecule has 0 amide bonds. The van der Waals surface area contributed by atoms with Crippen molar-refractivity contribution in [2.75, 3.05) is 18.0 Å². The first kappa shape index (κ1) is 12.4. The van der Waals surface area contributed by atoms with Gasteiger partial charge in [-0.25, -0.2) is 4.68 Å². The number of furan rings is 1. The fourth-order valence-electron chi connectivity index (χ4n) is 2.13. The summed E-state index contributed by atoms with van der Waals surface area (Å²) in [5.41, 5.74) is 0. The summed E-state index contributed by atoms with van der Waals surface area (Å²) in [4.78, 5) is 2.27. The van der Waals surface area contributed by atoms with Crippen molar-refractivity contribution in [3.63, 3.8) is 0 Å². The van der Waals surface area contributed by atoms with Gasteiger partial charge in [-0.2, -0.15) is 5.10 Å². The lowest BCUT2D eigenvalue weighted by Gasteiger charge is -2.26. The van der Waals surface area contributed by atoms with Crippen molar-refractivity contribution in [2.24, 2.45) is 5.10 Å². The summed E-state index contributed by atoms with van der Waals surface area (Å²) < 4.78 is 8.32. The van der Waals surface area contributed by atoms with E-state index in [1.54, 1.807) is 6.21 Å². The largest absolute Gasteiger partial charge is 0.438 e. The van der Waals surface area contributed by atoms with Gasteiger partial charge in [-0.1, -0.05) is 0 Å². The maximum absolute atomic E-state index is 5.83. The minimum atomic E-state index is 0.709. The lowest BCUT2D eigenvalue weighted by Crippen LogP contribution is -2.29. The molecule has 3 rings (SSSR count). The van der Waals surface area contributed by atoms with E-state index in [0.717, 1.165) is 23.4 Å². The van der Waals surface area contributed by atoms with Crippen molar-refractivity contribution in [3.8, 4) is 0 Å². The Morgan fingerprint density at radius 3 is 2.68 bits per heavy atom. The molecule has 0 unspecified atom stereocenters. The van der Waals surface area contributed by atoms with Gasteiger partial charge in [0.1, 0.15) is 12.7 Å². The van der Waals surface area contributed by atoms with Crippen molar-refractivity contribution in [3.05, 3.63) is 29.0 Å². The number of rotatable bonds is 3. The number of piperidine rings is 1. The number of nitrogens with zero attached hydrogens (tertiary/aromatic N) is 5. The molecule has 7 heteroatoms. The molecule has 2 aromatic rings. The van der Waals surface area contributed by atoms with E-state index >= 15 is 0 Å². The molecule has 0 bridgehead atoms. The molecule has 3 heterocycles. The van der Waals surface area contributed by atoms with Crippen LogP contribution in [0.25, 0.3) is 0 Å². The molecule has 0 radical (unpaired) electrons. The first-order chi connectivity index (χ1) is 9.33. The van der Waals surface area contributed by atoms with Gasteiger partial charge in [0.15, 0.2) is 5.76 Å². The molecule has 1 aliphatic heterocycles. The molecule has 0 aromatic carbocycles. The Kier molecular flexibility index (Phi) is 3.63. The fourth-order valence-corrected chi connectivity index (χ4v) is 2.69. The van der Waals surface area contributed by atoms with Crippen molar-refractivity contribution in [1.82, 2.24) is 14.9 Å². The zero-order chi connectivity index (χ0) is 13.1. The predicted molar refractivity (Wildman–Crippen MR) is 75.5 cm³/mol. The second-order valence-electron chi connectivity index (χ2n) is 4.44. The van der Waals surface area contributed by atoms with Gasteiger partial charge in [0, 0.05) is 19.2 Å². The summed E-state index contributed by atoms with van der Waals surface area (Å²) in [6.45, 7) is 2.10. The second-order valence-corrected chi connectivity index (χ2v) is 5.29. The summed E-state index contributed by atoms with van der Waals surface area (Å²) in [7, 11) is 0. The van der Waals surface area contributed by atoms with Gasteiger partial charge < -0.3 is 9.32 Å². The van der Waals surface area contributed by atoms with Crippen molar-refractivity contribution >= 4 is 28.0 Å². The number of anilines is 1. The SMILES string of the molecule is Brc1cc(/C=N\n2cnnc2)oc1N1CCCCC1. The summed E-state index contributed by atoms with van der Waals surface area (Å²) in [6.07, 6.45) is 8.45. The van der Waals surface area contributed by atoms with E-state index < -0.39 is 0 Å². The van der Waals surface area contributed by atoms with E-state index in [9.17, 15) is 0 Å². The lowest BCUT2D eigenvalue weighted by molar-refractivity contribution is 0.496. The molecule has 0 N–H and O–H groups in total. The highest BCUT2D eigenvalue weighted by atomic mass is 79.9. The maximum atomic E-state index is 5.83.